The summed E-state index contributed by atoms with van der Waals surface area (Å²) >= 11 is 12.2. The first kappa shape index (κ1) is 19.8. The van der Waals surface area contributed by atoms with Crippen LogP contribution in [0.4, 0.5) is 13.2 Å². The third-order valence-electron chi connectivity index (χ3n) is 4.37. The minimum Gasteiger partial charge on any atom is -0.331 e. The van der Waals surface area contributed by atoms with Crippen molar-refractivity contribution in [2.24, 2.45) is 7.05 Å². The maximum atomic E-state index is 14.3. The highest BCUT2D eigenvalue weighted by Gasteiger charge is 2.38. The van der Waals surface area contributed by atoms with Gasteiger partial charge in [0.2, 0.25) is 5.95 Å². The van der Waals surface area contributed by atoms with Crippen LogP contribution >= 0.6 is 23.2 Å². The Morgan fingerprint density at radius 1 is 1.41 bits per heavy atom. The number of benzene rings is 1. The van der Waals surface area contributed by atoms with Crippen molar-refractivity contribution in [3.05, 3.63) is 57.6 Å². The molecule has 1 aromatic carbocycles. The molecule has 1 aliphatic rings. The summed E-state index contributed by atoms with van der Waals surface area (Å²) in [5, 5.41) is 4.06. The fourth-order valence-corrected chi connectivity index (χ4v) is 3.27. The number of nitrogens with zero attached hydrogens (tertiary/aromatic N) is 3. The Morgan fingerprint density at radius 2 is 2.07 bits per heavy atom. The van der Waals surface area contributed by atoms with Crippen molar-refractivity contribution < 1.29 is 18.0 Å². The molecule has 3 rings (SSSR count). The molecular weight excluding hydrogens is 402 g/mol. The van der Waals surface area contributed by atoms with Crippen LogP contribution in [0.15, 0.2) is 24.8 Å². The average molecular weight is 418 g/mol. The van der Waals surface area contributed by atoms with E-state index in [9.17, 15) is 18.0 Å². The van der Waals surface area contributed by atoms with E-state index < -0.39 is 29.5 Å². The normalized spacial score (nSPS) is 13.9. The minimum absolute atomic E-state index is 0.0145. The number of carbonyl (C=O) groups is 1. The van der Waals surface area contributed by atoms with Crippen LogP contribution in [0.3, 0.4) is 0 Å². The summed E-state index contributed by atoms with van der Waals surface area (Å²) in [6, 6.07) is 4.83. The van der Waals surface area contributed by atoms with Crippen molar-refractivity contribution >= 4 is 34.7 Å². The summed E-state index contributed by atoms with van der Waals surface area (Å²) in [5.74, 6) is -1.93. The monoisotopic (exact) mass is 417 g/mol. The Morgan fingerprint density at radius 3 is 2.67 bits per heavy atom. The molecule has 1 aliphatic carbocycles. The molecule has 0 spiro atoms. The topological polar surface area (TPSA) is 38.1 Å². The Kier molecular flexibility index (Phi) is 5.53. The van der Waals surface area contributed by atoms with Crippen LogP contribution in [0.2, 0.25) is 10.0 Å². The number of aryl methyl sites for hydroxylation is 1. The third kappa shape index (κ3) is 3.84. The number of amides is 1. The number of hydrogen-bond donors (Lipinski definition) is 0. The lowest BCUT2D eigenvalue weighted by Crippen LogP contribution is -2.35. The van der Waals surface area contributed by atoms with Crippen molar-refractivity contribution in [2.45, 2.75) is 25.3 Å². The van der Waals surface area contributed by atoms with E-state index in [1.807, 2.05) is 0 Å². The number of aromatic nitrogens is 2. The molecule has 1 saturated carbocycles. The Hall–Kier alpha value is -1.99. The standard InChI is InChI=1S/C18H16Cl2F3N3O/c1-9(11-4-3-5-12(19)14(11)20)8-26(10-6-7-10)18(27)13-15(16(21)22)24-25(2)17(13)23/h3-5,10,16H,1,6-8H2,2H3. The van der Waals surface area contributed by atoms with Gasteiger partial charge < -0.3 is 4.90 Å². The van der Waals surface area contributed by atoms with Gasteiger partial charge in [-0.1, -0.05) is 41.9 Å². The van der Waals surface area contributed by atoms with Crippen LogP contribution in [0.25, 0.3) is 5.57 Å². The molecule has 1 heterocycles. The highest BCUT2D eigenvalue weighted by Crippen LogP contribution is 2.35. The van der Waals surface area contributed by atoms with E-state index in [1.54, 1.807) is 18.2 Å². The molecule has 0 N–H and O–H groups in total. The van der Waals surface area contributed by atoms with Gasteiger partial charge in [0.25, 0.3) is 12.3 Å². The highest BCUT2D eigenvalue weighted by atomic mass is 35.5. The van der Waals surface area contributed by atoms with Crippen LogP contribution in [0, 0.1) is 5.95 Å². The summed E-state index contributed by atoms with van der Waals surface area (Å²) in [5.41, 5.74) is -0.546. The quantitative estimate of drug-likeness (QED) is 0.653. The number of halogens is 5. The summed E-state index contributed by atoms with van der Waals surface area (Å²) in [6.45, 7) is 3.95. The Labute approximate surface area is 164 Å². The van der Waals surface area contributed by atoms with E-state index in [0.29, 0.717) is 33.7 Å². The molecule has 0 radical (unpaired) electrons. The van der Waals surface area contributed by atoms with Gasteiger partial charge in [0, 0.05) is 19.6 Å². The summed E-state index contributed by atoms with van der Waals surface area (Å²) < 4.78 is 41.4. The molecule has 4 nitrogen and oxygen atoms in total. The molecule has 0 unspecified atom stereocenters. The zero-order valence-corrected chi connectivity index (χ0v) is 15.9. The van der Waals surface area contributed by atoms with E-state index in [4.69, 9.17) is 23.2 Å². The maximum absolute atomic E-state index is 14.3. The molecule has 2 aromatic rings. The van der Waals surface area contributed by atoms with Gasteiger partial charge in [-0.2, -0.15) is 9.49 Å². The van der Waals surface area contributed by atoms with Gasteiger partial charge in [-0.15, -0.1) is 0 Å². The second-order valence-corrected chi connectivity index (χ2v) is 7.13. The zero-order chi connectivity index (χ0) is 19.9. The molecule has 9 heteroatoms. The largest absolute Gasteiger partial charge is 0.331 e. The van der Waals surface area contributed by atoms with Gasteiger partial charge in [0.15, 0.2) is 0 Å². The van der Waals surface area contributed by atoms with Crippen LogP contribution in [0.5, 0.6) is 0 Å². The van der Waals surface area contributed by atoms with Crippen molar-refractivity contribution in [1.82, 2.24) is 14.7 Å². The van der Waals surface area contributed by atoms with E-state index in [1.165, 1.54) is 11.9 Å². The first-order valence-corrected chi connectivity index (χ1v) is 8.91. The molecule has 1 amide bonds. The first-order valence-electron chi connectivity index (χ1n) is 8.16. The van der Waals surface area contributed by atoms with Crippen LogP contribution < -0.4 is 0 Å². The summed E-state index contributed by atoms with van der Waals surface area (Å²) in [6.07, 6.45) is -1.66. The zero-order valence-electron chi connectivity index (χ0n) is 14.4. The van der Waals surface area contributed by atoms with Gasteiger partial charge in [-0.3, -0.25) is 4.79 Å². The van der Waals surface area contributed by atoms with Gasteiger partial charge >= 0.3 is 0 Å². The van der Waals surface area contributed by atoms with Gasteiger partial charge in [-0.05, 0) is 30.0 Å². The lowest BCUT2D eigenvalue weighted by molar-refractivity contribution is 0.0747. The first-order chi connectivity index (χ1) is 12.7. The number of carbonyl (C=O) groups excluding carboxylic acids is 1. The Bertz CT molecular complexity index is 909. The molecule has 0 atom stereocenters. The third-order valence-corrected chi connectivity index (χ3v) is 5.19. The lowest BCUT2D eigenvalue weighted by atomic mass is 10.1. The second-order valence-electron chi connectivity index (χ2n) is 6.34. The number of hydrogen-bond acceptors (Lipinski definition) is 2. The minimum atomic E-state index is -3.06. The van der Waals surface area contributed by atoms with E-state index in [0.717, 1.165) is 0 Å². The fourth-order valence-electron chi connectivity index (χ4n) is 2.84. The predicted octanol–water partition coefficient (Wildman–Crippen LogP) is 5.12. The molecular formula is C18H16Cl2F3N3O. The molecule has 144 valence electrons. The number of alkyl halides is 2. The molecule has 0 bridgehead atoms. The maximum Gasteiger partial charge on any atom is 0.283 e. The van der Waals surface area contributed by atoms with E-state index >= 15 is 0 Å². The van der Waals surface area contributed by atoms with Crippen LogP contribution in [-0.4, -0.2) is 33.2 Å². The smallest absolute Gasteiger partial charge is 0.283 e. The molecule has 0 aliphatic heterocycles. The molecule has 1 aromatic heterocycles. The van der Waals surface area contributed by atoms with E-state index in [-0.39, 0.29) is 17.6 Å². The molecule has 0 saturated heterocycles. The van der Waals surface area contributed by atoms with Crippen molar-refractivity contribution in [3.63, 3.8) is 0 Å². The summed E-state index contributed by atoms with van der Waals surface area (Å²) in [4.78, 5) is 14.2. The van der Waals surface area contributed by atoms with Gasteiger partial charge in [0.05, 0.1) is 10.0 Å². The van der Waals surface area contributed by atoms with Crippen molar-refractivity contribution in [3.8, 4) is 0 Å². The molecule has 1 fully saturated rings. The van der Waals surface area contributed by atoms with Gasteiger partial charge in [-0.25, -0.2) is 13.5 Å². The lowest BCUT2D eigenvalue weighted by Gasteiger charge is -2.24. The average Bonchev–Trinajstić information content (AvgIpc) is 3.40. The van der Waals surface area contributed by atoms with Crippen LogP contribution in [0.1, 0.15) is 40.9 Å². The van der Waals surface area contributed by atoms with Crippen molar-refractivity contribution in [1.29, 1.82) is 0 Å². The van der Waals surface area contributed by atoms with Crippen LogP contribution in [-0.2, 0) is 7.05 Å². The second kappa shape index (κ2) is 7.56. The summed E-state index contributed by atoms with van der Waals surface area (Å²) in [7, 11) is 1.17. The predicted molar refractivity (Wildman–Crippen MR) is 97.7 cm³/mol. The number of rotatable bonds is 6. The molecule has 27 heavy (non-hydrogen) atoms. The SMILES string of the molecule is C=C(CN(C(=O)c1c(C(F)F)nn(C)c1F)C1CC1)c1cccc(Cl)c1Cl. The van der Waals surface area contributed by atoms with Gasteiger partial charge in [0.1, 0.15) is 11.3 Å². The Balaban J connectivity index is 1.92. The fraction of sp³-hybridized carbons (Fsp3) is 0.333. The van der Waals surface area contributed by atoms with Crippen molar-refractivity contribution in [2.75, 3.05) is 6.54 Å². The van der Waals surface area contributed by atoms with E-state index in [2.05, 4.69) is 11.7 Å². The highest BCUT2D eigenvalue weighted by molar-refractivity contribution is 6.43.